The molecule has 0 saturated carbocycles. The van der Waals surface area contributed by atoms with Crippen LogP contribution in [0.2, 0.25) is 0 Å². The molecule has 1 aliphatic heterocycles. The number of hydrogen-bond acceptors (Lipinski definition) is 1. The number of rotatable bonds is 1. The third kappa shape index (κ3) is 2.76. The molecule has 0 aromatic heterocycles. The van der Waals surface area contributed by atoms with Crippen LogP contribution in [0.1, 0.15) is 0 Å². The fourth-order valence-corrected chi connectivity index (χ4v) is 5.68. The number of benzene rings is 7. The van der Waals surface area contributed by atoms with Crippen molar-refractivity contribution in [3.05, 3.63) is 121 Å². The first kappa shape index (κ1) is 18.8. The molecule has 0 bridgehead atoms. The maximum atomic E-state index is 6.30. The zero-order valence-corrected chi connectivity index (χ0v) is 19.0. The lowest BCUT2D eigenvalue weighted by molar-refractivity contribution is 0.487. The molecule has 0 N–H and O–H groups in total. The number of ether oxygens (including phenoxy) is 1. The summed E-state index contributed by atoms with van der Waals surface area (Å²) in [7, 11) is 0. The molecule has 35 heavy (non-hydrogen) atoms. The van der Waals surface area contributed by atoms with Crippen molar-refractivity contribution in [1.82, 2.24) is 0 Å². The Bertz CT molecular complexity index is 1970. The van der Waals surface area contributed by atoms with Gasteiger partial charge in [-0.3, -0.25) is 0 Å². The van der Waals surface area contributed by atoms with Gasteiger partial charge in [0.1, 0.15) is 11.5 Å². The average Bonchev–Trinajstić information content (AvgIpc) is 2.92. The molecular weight excluding hydrogens is 424 g/mol. The Morgan fingerprint density at radius 2 is 1.14 bits per heavy atom. The summed E-state index contributed by atoms with van der Waals surface area (Å²) >= 11 is 0. The van der Waals surface area contributed by atoms with E-state index < -0.39 is 0 Å². The third-order valence-electron chi connectivity index (χ3n) is 7.39. The van der Waals surface area contributed by atoms with Gasteiger partial charge >= 0.3 is 0 Å². The van der Waals surface area contributed by atoms with E-state index in [2.05, 4.69) is 121 Å². The molecule has 0 saturated heterocycles. The SMILES string of the molecule is c1cc2c3c(cccc3c1)-c1cc(-c3ccc4cc5ccc6ccccc6c5cc4c3)ccc1O2. The van der Waals surface area contributed by atoms with Crippen LogP contribution in [0.15, 0.2) is 121 Å². The summed E-state index contributed by atoms with van der Waals surface area (Å²) in [5.41, 5.74) is 4.80. The quantitative estimate of drug-likeness (QED) is 0.181. The van der Waals surface area contributed by atoms with Crippen molar-refractivity contribution < 1.29 is 4.74 Å². The van der Waals surface area contributed by atoms with Crippen LogP contribution in [0.3, 0.4) is 0 Å². The highest BCUT2D eigenvalue weighted by molar-refractivity contribution is 6.12. The molecule has 8 rings (SSSR count). The van der Waals surface area contributed by atoms with Crippen LogP contribution in [0.5, 0.6) is 11.5 Å². The standard InChI is InChI=1S/C34H20O/c1-2-8-28-21(5-1)11-14-26-17-24-13-12-23(18-27(24)20-30(26)28)25-15-16-32-31(19-25)29-9-3-6-22-7-4-10-33(35-32)34(22)29/h1-20H. The van der Waals surface area contributed by atoms with Crippen molar-refractivity contribution in [1.29, 1.82) is 0 Å². The number of hydrogen-bond donors (Lipinski definition) is 0. The van der Waals surface area contributed by atoms with Gasteiger partial charge in [0.2, 0.25) is 0 Å². The van der Waals surface area contributed by atoms with Gasteiger partial charge in [-0.05, 0) is 90.8 Å². The summed E-state index contributed by atoms with van der Waals surface area (Å²) in [6.07, 6.45) is 0. The van der Waals surface area contributed by atoms with E-state index >= 15 is 0 Å². The summed E-state index contributed by atoms with van der Waals surface area (Å²) < 4.78 is 6.30. The normalized spacial score (nSPS) is 12.2. The summed E-state index contributed by atoms with van der Waals surface area (Å²) in [4.78, 5) is 0. The van der Waals surface area contributed by atoms with Crippen LogP contribution in [-0.2, 0) is 0 Å². The Morgan fingerprint density at radius 3 is 2.11 bits per heavy atom. The summed E-state index contributed by atoms with van der Waals surface area (Å²) in [6, 6.07) is 43.8. The van der Waals surface area contributed by atoms with Crippen LogP contribution < -0.4 is 4.74 Å². The third-order valence-corrected chi connectivity index (χ3v) is 7.39. The van der Waals surface area contributed by atoms with E-state index in [0.717, 1.165) is 17.1 Å². The minimum absolute atomic E-state index is 0.915. The van der Waals surface area contributed by atoms with E-state index in [1.165, 1.54) is 59.8 Å². The maximum absolute atomic E-state index is 6.30. The van der Waals surface area contributed by atoms with E-state index in [1.807, 2.05) is 0 Å². The van der Waals surface area contributed by atoms with Crippen LogP contribution in [0.4, 0.5) is 0 Å². The van der Waals surface area contributed by atoms with Gasteiger partial charge in [0.05, 0.1) is 0 Å². The molecule has 1 nitrogen and oxygen atoms in total. The lowest BCUT2D eigenvalue weighted by atomic mass is 9.91. The molecular formula is C34H20O. The topological polar surface area (TPSA) is 9.23 Å². The Balaban J connectivity index is 1.32. The summed E-state index contributed by atoms with van der Waals surface area (Å²) in [5, 5.41) is 10.1. The van der Waals surface area contributed by atoms with Crippen molar-refractivity contribution in [3.8, 4) is 33.8 Å². The lowest BCUT2D eigenvalue weighted by Crippen LogP contribution is -1.97. The van der Waals surface area contributed by atoms with Crippen molar-refractivity contribution in [2.45, 2.75) is 0 Å². The number of fused-ring (bicyclic) bond motifs is 6. The molecule has 0 atom stereocenters. The molecule has 0 radical (unpaired) electrons. The van der Waals surface area contributed by atoms with Gasteiger partial charge in [0, 0.05) is 10.9 Å². The van der Waals surface area contributed by atoms with Crippen molar-refractivity contribution in [3.63, 3.8) is 0 Å². The first-order chi connectivity index (χ1) is 17.3. The largest absolute Gasteiger partial charge is 0.456 e. The minimum atomic E-state index is 0.915. The Labute approximate surface area is 202 Å². The van der Waals surface area contributed by atoms with Gasteiger partial charge in [-0.2, -0.15) is 0 Å². The smallest absolute Gasteiger partial charge is 0.135 e. The highest BCUT2D eigenvalue weighted by atomic mass is 16.5. The molecule has 0 unspecified atom stereocenters. The molecule has 1 heteroatoms. The first-order valence-corrected chi connectivity index (χ1v) is 12.0. The predicted molar refractivity (Wildman–Crippen MR) is 147 cm³/mol. The highest BCUT2D eigenvalue weighted by Gasteiger charge is 2.20. The van der Waals surface area contributed by atoms with Gasteiger partial charge < -0.3 is 4.74 Å². The second-order valence-electron chi connectivity index (χ2n) is 9.39. The van der Waals surface area contributed by atoms with Gasteiger partial charge in [-0.1, -0.05) is 84.9 Å². The van der Waals surface area contributed by atoms with E-state index in [-0.39, 0.29) is 0 Å². The molecule has 1 aliphatic rings. The molecule has 0 spiro atoms. The molecule has 7 aromatic carbocycles. The minimum Gasteiger partial charge on any atom is -0.456 e. The molecule has 162 valence electrons. The summed E-state index contributed by atoms with van der Waals surface area (Å²) in [6.45, 7) is 0. The fraction of sp³-hybridized carbons (Fsp3) is 0. The van der Waals surface area contributed by atoms with Crippen LogP contribution in [0.25, 0.3) is 65.3 Å². The molecule has 7 aromatic rings. The average molecular weight is 445 g/mol. The van der Waals surface area contributed by atoms with E-state index in [0.29, 0.717) is 0 Å². The van der Waals surface area contributed by atoms with Crippen LogP contribution in [0, 0.1) is 0 Å². The Kier molecular flexibility index (Phi) is 3.72. The van der Waals surface area contributed by atoms with Gasteiger partial charge in [0.25, 0.3) is 0 Å². The van der Waals surface area contributed by atoms with E-state index in [9.17, 15) is 0 Å². The zero-order valence-electron chi connectivity index (χ0n) is 19.0. The van der Waals surface area contributed by atoms with Crippen molar-refractivity contribution in [2.24, 2.45) is 0 Å². The first-order valence-electron chi connectivity index (χ1n) is 12.0. The van der Waals surface area contributed by atoms with Crippen molar-refractivity contribution >= 4 is 43.1 Å². The van der Waals surface area contributed by atoms with Crippen LogP contribution in [-0.4, -0.2) is 0 Å². The second kappa shape index (κ2) is 6.94. The fourth-order valence-electron chi connectivity index (χ4n) is 5.68. The highest BCUT2D eigenvalue weighted by Crippen LogP contribution is 2.47. The van der Waals surface area contributed by atoms with E-state index in [1.54, 1.807) is 0 Å². The van der Waals surface area contributed by atoms with Crippen molar-refractivity contribution in [2.75, 3.05) is 0 Å². The molecule has 0 fully saturated rings. The lowest BCUT2D eigenvalue weighted by Gasteiger charge is -2.22. The molecule has 0 aliphatic carbocycles. The summed E-state index contributed by atoms with van der Waals surface area (Å²) in [5.74, 6) is 1.85. The van der Waals surface area contributed by atoms with Crippen LogP contribution >= 0.6 is 0 Å². The second-order valence-corrected chi connectivity index (χ2v) is 9.39. The molecule has 0 amide bonds. The Hall–Kier alpha value is -4.62. The van der Waals surface area contributed by atoms with Gasteiger partial charge in [0.15, 0.2) is 0 Å². The maximum Gasteiger partial charge on any atom is 0.135 e. The van der Waals surface area contributed by atoms with Gasteiger partial charge in [-0.25, -0.2) is 0 Å². The van der Waals surface area contributed by atoms with E-state index in [4.69, 9.17) is 4.74 Å². The Morgan fingerprint density at radius 1 is 0.371 bits per heavy atom. The molecule has 1 heterocycles. The zero-order chi connectivity index (χ0) is 22.9. The predicted octanol–water partition coefficient (Wildman–Crippen LogP) is 9.74. The monoisotopic (exact) mass is 444 g/mol. The van der Waals surface area contributed by atoms with Gasteiger partial charge in [-0.15, -0.1) is 0 Å².